The molecule has 2 rings (SSSR count). The number of carbonyl (C=O) groups is 1. The van der Waals surface area contributed by atoms with E-state index in [4.69, 9.17) is 0 Å². The lowest BCUT2D eigenvalue weighted by molar-refractivity contribution is 0.0951. The topological polar surface area (TPSA) is 17.1 Å². The van der Waals surface area contributed by atoms with Crippen molar-refractivity contribution >= 4 is 17.5 Å². The molecule has 0 unspecified atom stereocenters. The summed E-state index contributed by atoms with van der Waals surface area (Å²) in [4.78, 5) is 12.1. The number of aryl methyl sites for hydroxylation is 1. The van der Waals surface area contributed by atoms with E-state index in [1.165, 1.54) is 6.07 Å². The molecule has 1 nitrogen and oxygen atoms in total. The molecule has 0 aliphatic carbocycles. The van der Waals surface area contributed by atoms with Gasteiger partial charge in [-0.2, -0.15) is 0 Å². The third-order valence-corrected chi connectivity index (χ3v) is 4.19. The van der Waals surface area contributed by atoms with E-state index in [1.807, 2.05) is 20.8 Å². The number of carbonyl (C=O) groups excluding carboxylic acids is 1. The Bertz CT molecular complexity index is 437. The zero-order chi connectivity index (χ0) is 11.2. The van der Waals surface area contributed by atoms with Crippen LogP contribution in [0.1, 0.15) is 35.3 Å². The predicted molar refractivity (Wildman–Crippen MR) is 60.8 cm³/mol. The number of Topliss-reactive ketones (excluding diaryl/α,β-unsaturated/α-hetero) is 1. The Morgan fingerprint density at radius 1 is 1.40 bits per heavy atom. The minimum absolute atomic E-state index is 0.0880. The summed E-state index contributed by atoms with van der Waals surface area (Å²) in [6.07, 6.45) is 0. The Labute approximate surface area is 93.1 Å². The van der Waals surface area contributed by atoms with Gasteiger partial charge in [0.1, 0.15) is 5.82 Å². The summed E-state index contributed by atoms with van der Waals surface area (Å²) < 4.78 is 13.1. The van der Waals surface area contributed by atoms with E-state index in [1.54, 1.807) is 17.8 Å². The van der Waals surface area contributed by atoms with Gasteiger partial charge in [-0.1, -0.05) is 6.07 Å². The summed E-state index contributed by atoms with van der Waals surface area (Å²) in [5.74, 6) is 0.251. The number of benzene rings is 1. The van der Waals surface area contributed by atoms with Gasteiger partial charge in [0, 0.05) is 5.75 Å². The normalized spacial score (nSPS) is 18.8. The van der Waals surface area contributed by atoms with Crippen molar-refractivity contribution in [3.63, 3.8) is 0 Å². The van der Waals surface area contributed by atoms with E-state index in [-0.39, 0.29) is 11.6 Å². The molecule has 0 bridgehead atoms. The fourth-order valence-electron chi connectivity index (χ4n) is 1.77. The predicted octanol–water partition coefficient (Wildman–Crippen LogP) is 3.34. The van der Waals surface area contributed by atoms with Gasteiger partial charge in [0.2, 0.25) is 0 Å². The fourth-order valence-corrected chi connectivity index (χ4v) is 2.88. The molecule has 1 aliphatic rings. The number of halogens is 1. The molecule has 0 amide bonds. The van der Waals surface area contributed by atoms with Gasteiger partial charge in [-0.05, 0) is 38.0 Å². The van der Waals surface area contributed by atoms with E-state index in [9.17, 15) is 9.18 Å². The SMILES string of the molecule is Cc1ccc(F)c2c1CSC(C)(C)C2=O. The van der Waals surface area contributed by atoms with Crippen LogP contribution in [-0.4, -0.2) is 10.5 Å². The van der Waals surface area contributed by atoms with Crippen molar-refractivity contribution in [2.45, 2.75) is 31.3 Å². The van der Waals surface area contributed by atoms with E-state index in [2.05, 4.69) is 0 Å². The van der Waals surface area contributed by atoms with Crippen LogP contribution in [0, 0.1) is 12.7 Å². The molecule has 80 valence electrons. The Morgan fingerprint density at radius 2 is 2.07 bits per heavy atom. The largest absolute Gasteiger partial charge is 0.293 e. The highest BCUT2D eigenvalue weighted by atomic mass is 32.2. The van der Waals surface area contributed by atoms with Gasteiger partial charge >= 0.3 is 0 Å². The van der Waals surface area contributed by atoms with Crippen LogP contribution in [0.15, 0.2) is 12.1 Å². The van der Waals surface area contributed by atoms with Crippen molar-refractivity contribution < 1.29 is 9.18 Å². The maximum absolute atomic E-state index is 13.6. The molecule has 1 heterocycles. The van der Waals surface area contributed by atoms with Crippen molar-refractivity contribution in [3.8, 4) is 0 Å². The number of ketones is 1. The lowest BCUT2D eigenvalue weighted by Gasteiger charge is -2.30. The van der Waals surface area contributed by atoms with Gasteiger partial charge in [0.05, 0.1) is 10.3 Å². The van der Waals surface area contributed by atoms with Gasteiger partial charge < -0.3 is 0 Å². The van der Waals surface area contributed by atoms with Gasteiger partial charge in [-0.3, -0.25) is 4.79 Å². The molecular formula is C12H13FOS. The molecule has 1 aromatic carbocycles. The Balaban J connectivity index is 2.66. The molecule has 0 spiro atoms. The van der Waals surface area contributed by atoms with Crippen LogP contribution in [0.4, 0.5) is 4.39 Å². The number of hydrogen-bond donors (Lipinski definition) is 0. The van der Waals surface area contributed by atoms with Crippen molar-refractivity contribution in [1.29, 1.82) is 0 Å². The van der Waals surface area contributed by atoms with Crippen molar-refractivity contribution in [1.82, 2.24) is 0 Å². The number of hydrogen-bond acceptors (Lipinski definition) is 2. The quantitative estimate of drug-likeness (QED) is 0.672. The lowest BCUT2D eigenvalue weighted by Crippen LogP contribution is -2.33. The van der Waals surface area contributed by atoms with E-state index in [0.717, 1.165) is 16.9 Å². The molecule has 0 saturated heterocycles. The van der Waals surface area contributed by atoms with E-state index in [0.29, 0.717) is 5.56 Å². The second-order valence-corrected chi connectivity index (χ2v) is 5.94. The third kappa shape index (κ3) is 1.59. The minimum Gasteiger partial charge on any atom is -0.293 e. The fraction of sp³-hybridized carbons (Fsp3) is 0.417. The first kappa shape index (κ1) is 10.7. The summed E-state index contributed by atoms with van der Waals surface area (Å²) >= 11 is 1.58. The van der Waals surface area contributed by atoms with Crippen LogP contribution in [0.3, 0.4) is 0 Å². The maximum Gasteiger partial charge on any atom is 0.181 e. The van der Waals surface area contributed by atoms with Gasteiger partial charge in [-0.15, -0.1) is 11.8 Å². The first-order valence-corrected chi connectivity index (χ1v) is 5.89. The Hall–Kier alpha value is -0.830. The van der Waals surface area contributed by atoms with Gasteiger partial charge in [0.15, 0.2) is 5.78 Å². The summed E-state index contributed by atoms with van der Waals surface area (Å²) in [6.45, 7) is 5.62. The van der Waals surface area contributed by atoms with Crippen molar-refractivity contribution in [2.24, 2.45) is 0 Å². The molecule has 0 saturated carbocycles. The molecule has 0 fully saturated rings. The zero-order valence-electron chi connectivity index (χ0n) is 9.06. The highest BCUT2D eigenvalue weighted by Crippen LogP contribution is 2.40. The average Bonchev–Trinajstić information content (AvgIpc) is 2.16. The highest BCUT2D eigenvalue weighted by Gasteiger charge is 2.37. The molecule has 0 radical (unpaired) electrons. The second-order valence-electron chi connectivity index (χ2n) is 4.35. The van der Waals surface area contributed by atoms with E-state index < -0.39 is 4.75 Å². The third-order valence-electron chi connectivity index (χ3n) is 2.85. The van der Waals surface area contributed by atoms with Crippen molar-refractivity contribution in [2.75, 3.05) is 0 Å². The van der Waals surface area contributed by atoms with Crippen LogP contribution >= 0.6 is 11.8 Å². The smallest absolute Gasteiger partial charge is 0.181 e. The average molecular weight is 224 g/mol. The maximum atomic E-state index is 13.6. The molecule has 1 aliphatic heterocycles. The zero-order valence-corrected chi connectivity index (χ0v) is 9.87. The highest BCUT2D eigenvalue weighted by molar-refractivity contribution is 8.00. The van der Waals surface area contributed by atoms with Crippen LogP contribution < -0.4 is 0 Å². The van der Waals surface area contributed by atoms with Crippen LogP contribution in [0.25, 0.3) is 0 Å². The second kappa shape index (κ2) is 3.34. The van der Waals surface area contributed by atoms with E-state index >= 15 is 0 Å². The van der Waals surface area contributed by atoms with Crippen LogP contribution in [0.2, 0.25) is 0 Å². The first-order valence-electron chi connectivity index (χ1n) is 4.90. The lowest BCUT2D eigenvalue weighted by atomic mass is 9.92. The Kier molecular flexibility index (Phi) is 2.38. The Morgan fingerprint density at radius 3 is 2.73 bits per heavy atom. The number of thioether (sulfide) groups is 1. The number of rotatable bonds is 0. The molecule has 15 heavy (non-hydrogen) atoms. The summed E-state index contributed by atoms with van der Waals surface area (Å²) in [6, 6.07) is 3.12. The van der Waals surface area contributed by atoms with Gasteiger partial charge in [0.25, 0.3) is 0 Å². The molecule has 0 aromatic heterocycles. The molecule has 0 N–H and O–H groups in total. The minimum atomic E-state index is -0.498. The van der Waals surface area contributed by atoms with Crippen molar-refractivity contribution in [3.05, 3.63) is 34.6 Å². The first-order chi connectivity index (χ1) is 6.93. The summed E-state index contributed by atoms with van der Waals surface area (Å²) in [5, 5.41) is 0. The standard InChI is InChI=1S/C12H13FOS/c1-7-4-5-9(13)10-8(7)6-15-12(2,3)11(10)14/h4-5H,6H2,1-3H3. The summed E-state index contributed by atoms with van der Waals surface area (Å²) in [7, 11) is 0. The van der Waals surface area contributed by atoms with Gasteiger partial charge in [-0.25, -0.2) is 4.39 Å². The van der Waals surface area contributed by atoms with Crippen LogP contribution in [0.5, 0.6) is 0 Å². The van der Waals surface area contributed by atoms with Crippen LogP contribution in [-0.2, 0) is 5.75 Å². The molecule has 3 heteroatoms. The monoisotopic (exact) mass is 224 g/mol. The summed E-state index contributed by atoms with van der Waals surface area (Å²) in [5.41, 5.74) is 2.17. The molecular weight excluding hydrogens is 211 g/mol. The number of fused-ring (bicyclic) bond motifs is 1. The molecule has 0 atom stereocenters. The molecule has 1 aromatic rings.